The average Bonchev–Trinajstić information content (AvgIpc) is 1.98. The van der Waals surface area contributed by atoms with Crippen molar-refractivity contribution < 1.29 is 0 Å². The first-order chi connectivity index (χ1) is 8.08. The lowest BCUT2D eigenvalue weighted by atomic mass is 9.71. The minimum absolute atomic E-state index is 0. The molecule has 0 aromatic rings. The molecule has 0 aliphatic rings. The van der Waals surface area contributed by atoms with Gasteiger partial charge in [0.25, 0.3) is 0 Å². The van der Waals surface area contributed by atoms with Gasteiger partial charge in [0, 0.05) is 0 Å². The minimum atomic E-state index is 0. The first-order valence-corrected chi connectivity index (χ1v) is 8.08. The van der Waals surface area contributed by atoms with Crippen molar-refractivity contribution in [3.05, 3.63) is 0 Å². The Morgan fingerprint density at radius 2 is 0.476 bits per heavy atom. The molecule has 0 aromatic carbocycles. The van der Waals surface area contributed by atoms with Gasteiger partial charge in [0.1, 0.15) is 0 Å². The predicted molar refractivity (Wildman–Crippen MR) is 109 cm³/mol. The molecule has 0 fully saturated rings. The molecule has 0 rings (SSSR count). The van der Waals surface area contributed by atoms with Gasteiger partial charge in [0.15, 0.2) is 0 Å². The lowest BCUT2D eigenvalue weighted by Crippen LogP contribution is -2.25. The average molecular weight is 307 g/mol. The lowest BCUT2D eigenvalue weighted by Gasteiger charge is -2.34. The van der Waals surface area contributed by atoms with E-state index in [4.69, 9.17) is 0 Å². The number of hydrogen-bond acceptors (Lipinski definition) is 0. The van der Waals surface area contributed by atoms with E-state index in [-0.39, 0.29) is 14.9 Å². The van der Waals surface area contributed by atoms with E-state index in [1.54, 1.807) is 0 Å². The first-order valence-electron chi connectivity index (χ1n) is 8.08. The van der Waals surface area contributed by atoms with Gasteiger partial charge in [-0.05, 0) is 16.2 Å². The fourth-order valence-corrected chi connectivity index (χ4v) is 0. The number of hydrogen-bond donors (Lipinski definition) is 0. The van der Waals surface area contributed by atoms with Crippen LogP contribution in [0.4, 0.5) is 0 Å². The second-order valence-corrected chi connectivity index (χ2v) is 8.91. The van der Waals surface area contributed by atoms with Gasteiger partial charge in [-0.2, -0.15) is 0 Å². The van der Waals surface area contributed by atoms with Crippen molar-refractivity contribution in [3.63, 3.8) is 0 Å². The van der Waals surface area contributed by atoms with E-state index in [0.717, 1.165) is 0 Å². The molecule has 0 aliphatic heterocycles. The molecule has 21 heavy (non-hydrogen) atoms. The molecule has 0 spiro atoms. The summed E-state index contributed by atoms with van der Waals surface area (Å²) in [5.74, 6) is 0. The molecule has 0 saturated heterocycles. The molecular weight excluding hydrogens is 252 g/mol. The van der Waals surface area contributed by atoms with Crippen LogP contribution in [-0.2, 0) is 0 Å². The smallest absolute Gasteiger partial charge is 0.0334 e. The van der Waals surface area contributed by atoms with Gasteiger partial charge in [-0.1, -0.05) is 125 Å². The molecule has 0 radical (unpaired) electrons. The Morgan fingerprint density at radius 3 is 0.476 bits per heavy atom. The van der Waals surface area contributed by atoms with E-state index in [1.807, 2.05) is 0 Å². The second kappa shape index (κ2) is 18.1. The zero-order chi connectivity index (χ0) is 16.9. The fraction of sp³-hybridized carbons (Fsp3) is 1.00. The number of rotatable bonds is 0. The van der Waals surface area contributed by atoms with E-state index in [2.05, 4.69) is 96.9 Å². The van der Waals surface area contributed by atoms with Crippen molar-refractivity contribution in [3.8, 4) is 0 Å². The molecule has 138 valence electrons. The zero-order valence-electron chi connectivity index (χ0n) is 16.9. The second-order valence-electron chi connectivity index (χ2n) is 8.91. The third kappa shape index (κ3) is 80.0. The van der Waals surface area contributed by atoms with Crippen LogP contribution in [0, 0.1) is 16.2 Å². The monoisotopic (exact) mass is 306 g/mol. The van der Waals surface area contributed by atoms with Crippen LogP contribution in [0.1, 0.15) is 125 Å². The van der Waals surface area contributed by atoms with Crippen molar-refractivity contribution >= 4 is 0 Å². The molecular formula is C21H54. The van der Waals surface area contributed by atoms with Gasteiger partial charge in [-0.25, -0.2) is 0 Å². The van der Waals surface area contributed by atoms with Crippen LogP contribution in [0.3, 0.4) is 0 Å². The molecule has 0 saturated carbocycles. The topological polar surface area (TPSA) is 0 Å². The van der Waals surface area contributed by atoms with E-state index < -0.39 is 0 Å². The summed E-state index contributed by atoms with van der Waals surface area (Å²) in [5.41, 5.74) is 1.38. The molecule has 0 nitrogen and oxygen atoms in total. The molecule has 0 atom stereocenters. The van der Waals surface area contributed by atoms with Crippen LogP contribution in [0.15, 0.2) is 0 Å². The highest BCUT2D eigenvalue weighted by atomic mass is 14.3. The highest BCUT2D eigenvalue weighted by Gasteiger charge is 2.26. The van der Waals surface area contributed by atoms with Crippen molar-refractivity contribution in [2.75, 3.05) is 0 Å². The maximum absolute atomic E-state index is 2.27. The summed E-state index contributed by atoms with van der Waals surface area (Å²) in [7, 11) is 0. The van der Waals surface area contributed by atoms with Gasteiger partial charge in [0.05, 0.1) is 0 Å². The van der Waals surface area contributed by atoms with Crippen LogP contribution in [0.5, 0.6) is 0 Å². The van der Waals surface area contributed by atoms with E-state index in [0.29, 0.717) is 16.2 Å². The Labute approximate surface area is 141 Å². The Bertz CT molecular complexity index is 124. The van der Waals surface area contributed by atoms with E-state index >= 15 is 0 Å². The lowest BCUT2D eigenvalue weighted by molar-refractivity contribution is 0.157. The van der Waals surface area contributed by atoms with Crippen LogP contribution in [0.25, 0.3) is 0 Å². The summed E-state index contributed by atoms with van der Waals surface area (Å²) in [6, 6.07) is 0. The third-order valence-electron chi connectivity index (χ3n) is 2.25. The fourth-order valence-electron chi connectivity index (χ4n) is 0. The molecule has 0 heteroatoms. The predicted octanol–water partition coefficient (Wildman–Crippen LogP) is 9.24. The van der Waals surface area contributed by atoms with E-state index in [9.17, 15) is 0 Å². The zero-order valence-corrected chi connectivity index (χ0v) is 16.9. The van der Waals surface area contributed by atoms with E-state index in [1.165, 1.54) is 12.8 Å². The molecule has 0 heterocycles. The van der Waals surface area contributed by atoms with Crippen molar-refractivity contribution in [2.24, 2.45) is 16.2 Å². The Kier molecular flexibility index (Phi) is 32.1. The van der Waals surface area contributed by atoms with Crippen LogP contribution in [0.2, 0.25) is 0 Å². The summed E-state index contributed by atoms with van der Waals surface area (Å²) >= 11 is 0. The molecule has 0 N–H and O–H groups in total. The minimum Gasteiger partial charge on any atom is -0.0776 e. The van der Waals surface area contributed by atoms with Crippen LogP contribution in [-0.4, -0.2) is 0 Å². The standard InChI is InChI=1S/C8H18.C5H12.2C3H8.2CH4/c1-7(2,3)8(4,5)6;1-5(2,3)4;2*1-3-2;;/h1-6H3;1-4H3;2*3H2,1-2H3;2*1H4. The summed E-state index contributed by atoms with van der Waals surface area (Å²) in [4.78, 5) is 0. The Balaban J connectivity index is -0.0000000379. The highest BCUT2D eigenvalue weighted by molar-refractivity contribution is 4.77. The summed E-state index contributed by atoms with van der Waals surface area (Å²) in [6.45, 7) is 30.9. The van der Waals surface area contributed by atoms with Gasteiger partial charge in [0.2, 0.25) is 0 Å². The Hall–Kier alpha value is 0. The largest absolute Gasteiger partial charge is 0.0776 e. The molecule has 0 aromatic heterocycles. The van der Waals surface area contributed by atoms with Crippen molar-refractivity contribution in [1.29, 1.82) is 0 Å². The van der Waals surface area contributed by atoms with Crippen molar-refractivity contribution in [2.45, 2.75) is 125 Å². The van der Waals surface area contributed by atoms with Gasteiger partial charge >= 0.3 is 0 Å². The highest BCUT2D eigenvalue weighted by Crippen LogP contribution is 2.36. The maximum Gasteiger partial charge on any atom is -0.0334 e. The molecule has 0 amide bonds. The SMILES string of the molecule is C.C.CC(C)(C)C.CC(C)(C)C(C)(C)C.CCC.CCC. The first kappa shape index (κ1) is 37.3. The van der Waals surface area contributed by atoms with Gasteiger partial charge < -0.3 is 0 Å². The van der Waals surface area contributed by atoms with Gasteiger partial charge in [-0.15, -0.1) is 0 Å². The van der Waals surface area contributed by atoms with Gasteiger partial charge in [-0.3, -0.25) is 0 Å². The molecule has 0 aliphatic carbocycles. The Morgan fingerprint density at radius 1 is 0.429 bits per heavy atom. The summed E-state index contributed by atoms with van der Waals surface area (Å²) in [5, 5.41) is 0. The normalized spacial score (nSPS) is 10.0. The van der Waals surface area contributed by atoms with Crippen LogP contribution >= 0.6 is 0 Å². The quantitative estimate of drug-likeness (QED) is 0.418. The van der Waals surface area contributed by atoms with Crippen molar-refractivity contribution in [1.82, 2.24) is 0 Å². The summed E-state index contributed by atoms with van der Waals surface area (Å²) < 4.78 is 0. The molecule has 0 bridgehead atoms. The van der Waals surface area contributed by atoms with Crippen LogP contribution < -0.4 is 0 Å². The molecule has 0 unspecified atom stereocenters. The maximum atomic E-state index is 2.27. The summed E-state index contributed by atoms with van der Waals surface area (Å²) in [6.07, 6.45) is 2.50. The third-order valence-corrected chi connectivity index (χ3v) is 2.25.